The standard InChI is InChI=1S/C9H12N2OS/c1-7(2)13-6-9-10-4-3-8(5-12)11-9/h3-5,7H,6H2,1-2H3. The van der Waals surface area contributed by atoms with E-state index < -0.39 is 0 Å². The Morgan fingerprint density at radius 2 is 2.38 bits per heavy atom. The van der Waals surface area contributed by atoms with Crippen molar-refractivity contribution >= 4 is 18.0 Å². The highest BCUT2D eigenvalue weighted by Crippen LogP contribution is 2.13. The molecule has 0 atom stereocenters. The molecule has 1 rings (SSSR count). The molecular formula is C9H12N2OS. The molecule has 1 aromatic heterocycles. The second-order valence-corrected chi connectivity index (χ2v) is 4.44. The molecule has 0 saturated carbocycles. The van der Waals surface area contributed by atoms with E-state index in [-0.39, 0.29) is 0 Å². The zero-order valence-corrected chi connectivity index (χ0v) is 8.54. The van der Waals surface area contributed by atoms with E-state index in [0.29, 0.717) is 10.9 Å². The Morgan fingerprint density at radius 1 is 1.62 bits per heavy atom. The van der Waals surface area contributed by atoms with Crippen LogP contribution in [0.4, 0.5) is 0 Å². The topological polar surface area (TPSA) is 42.9 Å². The van der Waals surface area contributed by atoms with Crippen molar-refractivity contribution in [2.24, 2.45) is 0 Å². The first-order chi connectivity index (χ1) is 6.22. The van der Waals surface area contributed by atoms with E-state index in [9.17, 15) is 4.79 Å². The molecular weight excluding hydrogens is 184 g/mol. The van der Waals surface area contributed by atoms with Crippen molar-refractivity contribution in [3.63, 3.8) is 0 Å². The normalized spacial score (nSPS) is 10.4. The smallest absolute Gasteiger partial charge is 0.168 e. The number of carbonyl (C=O) groups excluding carboxylic acids is 1. The number of hydrogen-bond donors (Lipinski definition) is 0. The Labute approximate surface area is 82.0 Å². The fourth-order valence-corrected chi connectivity index (χ4v) is 1.41. The second-order valence-electron chi connectivity index (χ2n) is 2.88. The lowest BCUT2D eigenvalue weighted by Gasteiger charge is -2.02. The summed E-state index contributed by atoms with van der Waals surface area (Å²) in [6.45, 7) is 4.24. The van der Waals surface area contributed by atoms with Crippen LogP contribution >= 0.6 is 11.8 Å². The van der Waals surface area contributed by atoms with Gasteiger partial charge in [-0.3, -0.25) is 4.79 Å². The lowest BCUT2D eigenvalue weighted by molar-refractivity contribution is 0.111. The van der Waals surface area contributed by atoms with Gasteiger partial charge in [-0.25, -0.2) is 9.97 Å². The molecule has 0 aromatic carbocycles. The number of carbonyl (C=O) groups is 1. The summed E-state index contributed by atoms with van der Waals surface area (Å²) < 4.78 is 0. The van der Waals surface area contributed by atoms with Gasteiger partial charge in [-0.1, -0.05) is 13.8 Å². The maximum atomic E-state index is 10.4. The molecule has 0 N–H and O–H groups in total. The molecule has 0 spiro atoms. The lowest BCUT2D eigenvalue weighted by Crippen LogP contribution is -1.98. The van der Waals surface area contributed by atoms with Crippen LogP contribution in [0.3, 0.4) is 0 Å². The van der Waals surface area contributed by atoms with Gasteiger partial charge < -0.3 is 0 Å². The minimum Gasteiger partial charge on any atom is -0.296 e. The molecule has 13 heavy (non-hydrogen) atoms. The summed E-state index contributed by atoms with van der Waals surface area (Å²) in [7, 11) is 0. The van der Waals surface area contributed by atoms with E-state index in [2.05, 4.69) is 23.8 Å². The summed E-state index contributed by atoms with van der Waals surface area (Å²) in [6.07, 6.45) is 2.36. The van der Waals surface area contributed by atoms with Gasteiger partial charge in [0.05, 0.1) is 5.75 Å². The fraction of sp³-hybridized carbons (Fsp3) is 0.444. The van der Waals surface area contributed by atoms with Gasteiger partial charge in [-0.15, -0.1) is 0 Å². The van der Waals surface area contributed by atoms with Crippen LogP contribution in [-0.2, 0) is 5.75 Å². The maximum Gasteiger partial charge on any atom is 0.168 e. The van der Waals surface area contributed by atoms with E-state index in [4.69, 9.17) is 0 Å². The molecule has 0 unspecified atom stereocenters. The SMILES string of the molecule is CC(C)SCc1nccc(C=O)n1. The van der Waals surface area contributed by atoms with Crippen molar-refractivity contribution in [2.75, 3.05) is 0 Å². The Kier molecular flexibility index (Phi) is 3.89. The van der Waals surface area contributed by atoms with Crippen molar-refractivity contribution in [3.05, 3.63) is 23.8 Å². The molecule has 1 aromatic rings. The predicted octanol–water partition coefficient (Wildman–Crippen LogP) is 1.93. The quantitative estimate of drug-likeness (QED) is 0.690. The zero-order chi connectivity index (χ0) is 9.68. The van der Waals surface area contributed by atoms with Crippen molar-refractivity contribution < 1.29 is 4.79 Å². The third kappa shape index (κ3) is 3.55. The van der Waals surface area contributed by atoms with E-state index in [1.54, 1.807) is 24.0 Å². The molecule has 0 aliphatic heterocycles. The Morgan fingerprint density at radius 3 is 3.00 bits per heavy atom. The molecule has 70 valence electrons. The highest BCUT2D eigenvalue weighted by Gasteiger charge is 2.00. The maximum absolute atomic E-state index is 10.4. The van der Waals surface area contributed by atoms with Crippen LogP contribution in [0.1, 0.15) is 30.2 Å². The summed E-state index contributed by atoms with van der Waals surface area (Å²) in [4.78, 5) is 18.5. The Balaban J connectivity index is 2.61. The number of thioether (sulfide) groups is 1. The first-order valence-electron chi connectivity index (χ1n) is 4.11. The van der Waals surface area contributed by atoms with E-state index in [1.165, 1.54) is 0 Å². The third-order valence-corrected chi connectivity index (χ3v) is 2.49. The van der Waals surface area contributed by atoms with Gasteiger partial charge in [0.25, 0.3) is 0 Å². The molecule has 1 heterocycles. The van der Waals surface area contributed by atoms with Gasteiger partial charge in [-0.05, 0) is 11.3 Å². The van der Waals surface area contributed by atoms with Crippen LogP contribution in [-0.4, -0.2) is 21.5 Å². The molecule has 0 amide bonds. The van der Waals surface area contributed by atoms with Crippen molar-refractivity contribution in [2.45, 2.75) is 24.9 Å². The highest BCUT2D eigenvalue weighted by molar-refractivity contribution is 7.99. The number of hydrogen-bond acceptors (Lipinski definition) is 4. The average molecular weight is 196 g/mol. The monoisotopic (exact) mass is 196 g/mol. The Hall–Kier alpha value is -0.900. The van der Waals surface area contributed by atoms with Crippen molar-refractivity contribution in [1.82, 2.24) is 9.97 Å². The summed E-state index contributed by atoms with van der Waals surface area (Å²) >= 11 is 1.76. The first-order valence-corrected chi connectivity index (χ1v) is 5.16. The number of aldehydes is 1. The van der Waals surface area contributed by atoms with Gasteiger partial charge in [-0.2, -0.15) is 11.8 Å². The number of aromatic nitrogens is 2. The van der Waals surface area contributed by atoms with Gasteiger partial charge >= 0.3 is 0 Å². The van der Waals surface area contributed by atoms with Crippen LogP contribution in [0.25, 0.3) is 0 Å². The molecule has 0 aliphatic rings. The molecule has 0 fully saturated rings. The van der Waals surface area contributed by atoms with Gasteiger partial charge in [0.1, 0.15) is 11.5 Å². The number of nitrogens with zero attached hydrogens (tertiary/aromatic N) is 2. The fourth-order valence-electron chi connectivity index (χ4n) is 0.791. The highest BCUT2D eigenvalue weighted by atomic mass is 32.2. The van der Waals surface area contributed by atoms with Crippen molar-refractivity contribution in [3.8, 4) is 0 Å². The molecule has 0 radical (unpaired) electrons. The van der Waals surface area contributed by atoms with Gasteiger partial charge in [0, 0.05) is 6.20 Å². The molecule has 4 heteroatoms. The number of rotatable bonds is 4. The summed E-state index contributed by atoms with van der Waals surface area (Å²) in [6, 6.07) is 1.61. The largest absolute Gasteiger partial charge is 0.296 e. The zero-order valence-electron chi connectivity index (χ0n) is 7.73. The van der Waals surface area contributed by atoms with E-state index in [0.717, 1.165) is 17.9 Å². The van der Waals surface area contributed by atoms with E-state index >= 15 is 0 Å². The van der Waals surface area contributed by atoms with Gasteiger partial charge in [0.15, 0.2) is 6.29 Å². The van der Waals surface area contributed by atoms with Crippen LogP contribution in [0.15, 0.2) is 12.3 Å². The average Bonchev–Trinajstić information content (AvgIpc) is 2.15. The van der Waals surface area contributed by atoms with Gasteiger partial charge in [0.2, 0.25) is 0 Å². The van der Waals surface area contributed by atoms with Crippen molar-refractivity contribution in [1.29, 1.82) is 0 Å². The predicted molar refractivity (Wildman–Crippen MR) is 53.9 cm³/mol. The summed E-state index contributed by atoms with van der Waals surface area (Å²) in [5.74, 6) is 1.49. The molecule has 0 bridgehead atoms. The van der Waals surface area contributed by atoms with Crippen LogP contribution < -0.4 is 0 Å². The first kappa shape index (κ1) is 10.2. The summed E-state index contributed by atoms with van der Waals surface area (Å²) in [5.41, 5.74) is 0.453. The van der Waals surface area contributed by atoms with E-state index in [1.807, 2.05) is 0 Å². The minimum absolute atomic E-state index is 0.453. The lowest BCUT2D eigenvalue weighted by atomic mass is 10.4. The molecule has 0 aliphatic carbocycles. The Bertz CT molecular complexity index is 289. The summed E-state index contributed by atoms with van der Waals surface area (Å²) in [5, 5.41) is 0.559. The van der Waals surface area contributed by atoms with Crippen LogP contribution in [0.2, 0.25) is 0 Å². The van der Waals surface area contributed by atoms with Crippen LogP contribution in [0, 0.1) is 0 Å². The second kappa shape index (κ2) is 4.97. The molecule has 3 nitrogen and oxygen atoms in total. The molecule has 0 saturated heterocycles. The third-order valence-electron chi connectivity index (χ3n) is 1.39. The minimum atomic E-state index is 0.453. The van der Waals surface area contributed by atoms with Crippen LogP contribution in [0.5, 0.6) is 0 Å².